The molecule has 0 radical (unpaired) electrons. The number of likely N-dealkylation sites (tertiary alicyclic amines) is 3. The van der Waals surface area contributed by atoms with Gasteiger partial charge in [-0.15, -0.1) is 0 Å². The summed E-state index contributed by atoms with van der Waals surface area (Å²) in [4.78, 5) is 95.7. The predicted octanol–water partition coefficient (Wildman–Crippen LogP) is 23.0. The number of para-hydroxylation sites is 1. The fourth-order valence-electron chi connectivity index (χ4n) is 18.7. The minimum absolute atomic E-state index is 0.275. The molecular weight excluding hydrogens is 1860 g/mol. The topological polar surface area (TPSA) is 353 Å². The van der Waals surface area contributed by atoms with Gasteiger partial charge in [0.05, 0.1) is 75.8 Å². The number of rotatable bonds is 28. The number of H-pyrrole nitrogens is 4. The lowest BCUT2D eigenvalue weighted by Gasteiger charge is -2.30. The van der Waals surface area contributed by atoms with Gasteiger partial charge >= 0.3 is 0 Å². The van der Waals surface area contributed by atoms with Gasteiger partial charge in [0.25, 0.3) is 23.6 Å². The number of nitrogens with zero attached hydrogens (tertiary/aromatic N) is 15. The average molecular weight is 1960 g/mol. The molecule has 0 aliphatic carbocycles. The van der Waals surface area contributed by atoms with Gasteiger partial charge in [0.2, 0.25) is 0 Å². The second-order valence-corrected chi connectivity index (χ2v) is 37.5. The van der Waals surface area contributed by atoms with E-state index in [1.165, 1.54) is 77.5 Å². The van der Waals surface area contributed by atoms with Gasteiger partial charge in [-0.3, -0.25) is 94.1 Å². The maximum absolute atomic E-state index is 13.1. The number of carbonyl (C=O) groups excluding carboxylic acids is 4. The quantitative estimate of drug-likeness (QED) is 0.0226. The van der Waals surface area contributed by atoms with Gasteiger partial charge in [0.1, 0.15) is 11.5 Å². The largest absolute Gasteiger partial charge is 0.456 e. The summed E-state index contributed by atoms with van der Waals surface area (Å²) in [5.74, 6) is 0.219. The van der Waals surface area contributed by atoms with Crippen LogP contribution in [0.2, 0.25) is 0 Å². The molecule has 149 heavy (non-hydrogen) atoms. The first-order valence-corrected chi connectivity index (χ1v) is 50.2. The summed E-state index contributed by atoms with van der Waals surface area (Å²) in [6, 6.07) is 97.8. The van der Waals surface area contributed by atoms with Crippen LogP contribution in [0.25, 0.3) is 88.1 Å². The van der Waals surface area contributed by atoms with E-state index in [1.54, 1.807) is 37.2 Å². The van der Waals surface area contributed by atoms with E-state index in [-0.39, 0.29) is 23.6 Å². The van der Waals surface area contributed by atoms with Gasteiger partial charge in [-0.2, -0.15) is 20.4 Å². The molecule has 3 fully saturated rings. The lowest BCUT2D eigenvalue weighted by Crippen LogP contribution is -2.36. The fourth-order valence-corrected chi connectivity index (χ4v) is 18.7. The number of pyridine rings is 8. The van der Waals surface area contributed by atoms with Crippen LogP contribution in [-0.2, 0) is 45.3 Å². The number of carbonyl (C=O) groups is 4. The van der Waals surface area contributed by atoms with Crippen molar-refractivity contribution >= 4 is 90.0 Å². The van der Waals surface area contributed by atoms with Crippen molar-refractivity contribution in [1.29, 1.82) is 0 Å². The van der Waals surface area contributed by atoms with Crippen LogP contribution in [0.1, 0.15) is 142 Å². The maximum atomic E-state index is 13.1. The Morgan fingerprint density at radius 1 is 0.242 bits per heavy atom. The molecule has 3 aliphatic rings. The van der Waals surface area contributed by atoms with Gasteiger partial charge in [-0.25, -0.2) is 0 Å². The van der Waals surface area contributed by atoms with Crippen LogP contribution in [0.15, 0.2) is 372 Å². The first-order chi connectivity index (χ1) is 73.3. The maximum Gasteiger partial charge on any atom is 0.276 e. The molecule has 15 heterocycles. The predicted molar refractivity (Wildman–Crippen MR) is 583 cm³/mol. The highest BCUT2D eigenvalue weighted by atomic mass is 16.5. The standard InChI is InChI=1S/C31H30N6O.C31H23N5O2.C30H28N6O.C29H26N6O/c38-31(34-27-11-10-26(33-20-27)16-22-7-3-1-4-8-22)30-28-17-24(9-12-29(28)35-36-30)25-15-23(18-32-19-25)21-37-13-5-2-6-14-37;37-31(34-25-13-12-24(33-19-25)15-21-7-3-1-4-8-21)30-28-17-22(11-14-29(28)35-36-30)23-16-27(20-32-18-23)38-26-9-5-2-6-10-26;37-30(33-26-10-9-25(32-19-26)15-21-6-2-1-3-7-21)29-27-16-23(8-11-28(27)34-35-29)24-14-22(17-31-18-24)20-36-12-4-5-13-36;36-29(32-25-9-8-24(31-18-25)14-20-5-2-1-3-6-20)28-26-15-22(7-10-27(26)33-34-28)23-13-21(16-30-17-23)19-35-11-4-12-35/h1,3-4,7-12,15,17-20H,2,5-6,13-14,16,21H2,(H,34,38)(H,35,36);1-14,16-20H,15H2,(H,34,37)(H,35,36);1-3,6-11,14,16-19H,4-5,12-13,15,20H2,(H,33,37)(H,34,35);1-3,5-10,13,15-18H,4,11-12,14,19H2,(H,32,36)(H,33,34). The number of piperidine rings is 1. The number of aromatic amines is 4. The first-order valence-electron chi connectivity index (χ1n) is 50.2. The van der Waals surface area contributed by atoms with Crippen molar-refractivity contribution in [2.75, 3.05) is 60.5 Å². The Kier molecular flexibility index (Phi) is 30.2. The molecule has 28 heteroatoms. The van der Waals surface area contributed by atoms with E-state index in [4.69, 9.17) is 4.74 Å². The molecule has 0 spiro atoms. The van der Waals surface area contributed by atoms with E-state index >= 15 is 0 Å². The average Bonchev–Trinajstić information content (AvgIpc) is 1.71. The van der Waals surface area contributed by atoms with Crippen molar-refractivity contribution in [2.45, 2.75) is 83.8 Å². The van der Waals surface area contributed by atoms with Gasteiger partial charge in [-0.1, -0.05) is 170 Å². The molecule has 736 valence electrons. The lowest BCUT2D eigenvalue weighted by molar-refractivity contribution is 0.101. The van der Waals surface area contributed by atoms with Gasteiger partial charge in [0, 0.05) is 155 Å². The van der Waals surface area contributed by atoms with Crippen molar-refractivity contribution in [3.8, 4) is 56.0 Å². The summed E-state index contributed by atoms with van der Waals surface area (Å²) in [6.45, 7) is 9.64. The Labute approximate surface area is 860 Å². The number of benzene rings is 9. The summed E-state index contributed by atoms with van der Waals surface area (Å²) in [5, 5.41) is 43.8. The summed E-state index contributed by atoms with van der Waals surface area (Å²) in [6.07, 6.45) is 32.2. The molecule has 0 bridgehead atoms. The zero-order chi connectivity index (χ0) is 101. The molecular formula is C121H107N23O5. The normalized spacial score (nSPS) is 13.0. The molecule has 0 atom stereocenters. The Hall–Kier alpha value is -18.4. The molecule has 9 aromatic carbocycles. The highest BCUT2D eigenvalue weighted by Gasteiger charge is 2.25. The molecule has 21 aromatic rings. The van der Waals surface area contributed by atoms with E-state index < -0.39 is 0 Å². The zero-order valence-electron chi connectivity index (χ0n) is 81.9. The summed E-state index contributed by atoms with van der Waals surface area (Å²) < 4.78 is 5.93. The monoisotopic (exact) mass is 1960 g/mol. The number of fused-ring (bicyclic) bond motifs is 4. The minimum Gasteiger partial charge on any atom is -0.456 e. The van der Waals surface area contributed by atoms with Crippen LogP contribution >= 0.6 is 0 Å². The van der Waals surface area contributed by atoms with Gasteiger partial charge < -0.3 is 26.0 Å². The van der Waals surface area contributed by atoms with E-state index in [0.717, 1.165) is 196 Å². The summed E-state index contributed by atoms with van der Waals surface area (Å²) in [7, 11) is 0. The van der Waals surface area contributed by atoms with E-state index in [9.17, 15) is 19.2 Å². The lowest BCUT2D eigenvalue weighted by atomic mass is 10.0. The second-order valence-electron chi connectivity index (χ2n) is 37.5. The molecule has 3 saturated heterocycles. The zero-order valence-corrected chi connectivity index (χ0v) is 81.9. The Morgan fingerprint density at radius 2 is 0.510 bits per heavy atom. The van der Waals surface area contributed by atoms with Crippen molar-refractivity contribution in [3.05, 3.63) is 456 Å². The number of ether oxygens (including phenoxy) is 1. The number of anilines is 4. The van der Waals surface area contributed by atoms with Crippen molar-refractivity contribution in [3.63, 3.8) is 0 Å². The number of hydrogen-bond donors (Lipinski definition) is 8. The minimum atomic E-state index is -0.315. The third-order valence-corrected chi connectivity index (χ3v) is 26.6. The third-order valence-electron chi connectivity index (χ3n) is 26.6. The highest BCUT2D eigenvalue weighted by molar-refractivity contribution is 6.15. The number of nitrogens with one attached hydrogen (secondary N) is 8. The fraction of sp³-hybridized carbons (Fsp3) is 0.157. The second kappa shape index (κ2) is 46.6. The SMILES string of the molecule is O=C(Nc1ccc(Cc2ccccc2)nc1)c1n[nH]c2ccc(-c3cncc(CN4CCC4)c3)cc12.O=C(Nc1ccc(Cc2ccccc2)nc1)c1n[nH]c2ccc(-c3cncc(CN4CCCC4)c3)cc12.O=C(Nc1ccc(Cc2ccccc2)nc1)c1n[nH]c2ccc(-c3cncc(CN4CCCCC4)c3)cc12.O=C(Nc1ccc(Cc2ccccc2)nc1)c1n[nH]c2ccc(-c3cncc(Oc4ccccc4)c3)cc12. The smallest absolute Gasteiger partial charge is 0.276 e. The van der Waals surface area contributed by atoms with E-state index in [1.807, 2.05) is 268 Å². The molecule has 8 N–H and O–H groups in total. The summed E-state index contributed by atoms with van der Waals surface area (Å²) in [5.41, 5.74) is 27.1. The van der Waals surface area contributed by atoms with E-state index in [2.05, 4.69) is 183 Å². The van der Waals surface area contributed by atoms with Crippen molar-refractivity contribution in [2.24, 2.45) is 0 Å². The van der Waals surface area contributed by atoms with Crippen LogP contribution in [0.3, 0.4) is 0 Å². The van der Waals surface area contributed by atoms with Crippen LogP contribution < -0.4 is 26.0 Å². The Balaban J connectivity index is 0.000000116. The third kappa shape index (κ3) is 25.0. The number of hydrogen-bond acceptors (Lipinski definition) is 20. The van der Waals surface area contributed by atoms with Crippen LogP contribution in [0.5, 0.6) is 11.5 Å². The van der Waals surface area contributed by atoms with Crippen LogP contribution in [-0.4, -0.2) is 158 Å². The molecule has 4 amide bonds. The van der Waals surface area contributed by atoms with Crippen molar-refractivity contribution in [1.82, 2.24) is 95.4 Å². The van der Waals surface area contributed by atoms with Gasteiger partial charge in [-0.05, 0) is 266 Å². The molecule has 0 unspecified atom stereocenters. The number of aromatic nitrogens is 16. The number of amides is 4. The Morgan fingerprint density at radius 3 is 0.785 bits per heavy atom. The molecule has 3 aliphatic heterocycles. The molecule has 12 aromatic heterocycles. The first kappa shape index (κ1) is 96.7. The summed E-state index contributed by atoms with van der Waals surface area (Å²) >= 11 is 0. The van der Waals surface area contributed by atoms with E-state index in [0.29, 0.717) is 56.7 Å². The highest BCUT2D eigenvalue weighted by Crippen LogP contribution is 2.35. The van der Waals surface area contributed by atoms with Crippen molar-refractivity contribution < 1.29 is 23.9 Å². The Bertz CT molecular complexity index is 8190. The van der Waals surface area contributed by atoms with Crippen LogP contribution in [0.4, 0.5) is 22.7 Å². The molecule has 24 rings (SSSR count). The molecule has 0 saturated carbocycles. The van der Waals surface area contributed by atoms with Crippen LogP contribution in [0, 0.1) is 0 Å². The molecule has 28 nitrogen and oxygen atoms in total. The van der Waals surface area contributed by atoms with Gasteiger partial charge in [0.15, 0.2) is 22.8 Å².